The number of para-hydroxylation sites is 1. The standard InChI is InChI=1S/C33H27F3OP/c34-33(35,36)31-22-12-10-14-26(31)24-37-32-23-13-11-15-27(32)25-38(28-16-4-1-5-17-28,29-18-6-2-7-19-29)30-20-8-3-9-21-30/h1-23H,24-25H2/q+1. The first-order chi connectivity index (χ1) is 18.5. The van der Waals surface area contributed by atoms with E-state index in [1.54, 1.807) is 6.07 Å². The molecule has 0 aromatic heterocycles. The quantitative estimate of drug-likeness (QED) is 0.187. The third kappa shape index (κ3) is 5.37. The monoisotopic (exact) mass is 527 g/mol. The minimum Gasteiger partial charge on any atom is -0.488 e. The molecule has 0 aliphatic heterocycles. The zero-order chi connectivity index (χ0) is 26.4. The summed E-state index contributed by atoms with van der Waals surface area (Å²) in [5.74, 6) is 0.594. The summed E-state index contributed by atoms with van der Waals surface area (Å²) in [5.41, 5.74) is 0.407. The Balaban J connectivity index is 1.60. The molecule has 0 saturated carbocycles. The van der Waals surface area contributed by atoms with Crippen LogP contribution < -0.4 is 20.7 Å². The molecule has 0 bridgehead atoms. The first-order valence-electron chi connectivity index (χ1n) is 12.4. The van der Waals surface area contributed by atoms with Crippen LogP contribution in [-0.4, -0.2) is 0 Å². The third-order valence-electron chi connectivity index (χ3n) is 6.68. The minimum absolute atomic E-state index is 0.116. The Morgan fingerprint density at radius 2 is 0.921 bits per heavy atom. The van der Waals surface area contributed by atoms with Gasteiger partial charge in [-0.25, -0.2) is 0 Å². The molecular formula is C33H27F3OP+. The van der Waals surface area contributed by atoms with Crippen LogP contribution in [0.4, 0.5) is 13.2 Å². The molecule has 0 aliphatic carbocycles. The van der Waals surface area contributed by atoms with Gasteiger partial charge in [0.1, 0.15) is 41.7 Å². The van der Waals surface area contributed by atoms with Crippen LogP contribution >= 0.6 is 7.26 Å². The van der Waals surface area contributed by atoms with Gasteiger partial charge in [0.15, 0.2) is 0 Å². The molecule has 0 aliphatic rings. The van der Waals surface area contributed by atoms with Crippen LogP contribution in [0, 0.1) is 0 Å². The summed E-state index contributed by atoms with van der Waals surface area (Å²) in [4.78, 5) is 0. The molecular weight excluding hydrogens is 500 g/mol. The van der Waals surface area contributed by atoms with Gasteiger partial charge >= 0.3 is 6.18 Å². The molecule has 0 heterocycles. The number of rotatable bonds is 8. The van der Waals surface area contributed by atoms with Crippen molar-refractivity contribution in [3.8, 4) is 5.75 Å². The predicted octanol–water partition coefficient (Wildman–Crippen LogP) is 7.78. The van der Waals surface area contributed by atoms with E-state index in [1.165, 1.54) is 28.0 Å². The molecule has 5 rings (SSSR count). The highest BCUT2D eigenvalue weighted by atomic mass is 31.2. The lowest BCUT2D eigenvalue weighted by Gasteiger charge is -2.28. The summed E-state index contributed by atoms with van der Waals surface area (Å²) in [6, 6.07) is 44.8. The van der Waals surface area contributed by atoms with Crippen LogP contribution in [-0.2, 0) is 18.9 Å². The Labute approximate surface area is 221 Å². The van der Waals surface area contributed by atoms with E-state index in [1.807, 2.05) is 42.5 Å². The van der Waals surface area contributed by atoms with Crippen LogP contribution in [0.15, 0.2) is 140 Å². The van der Waals surface area contributed by atoms with Crippen LogP contribution in [0.3, 0.4) is 0 Å². The van der Waals surface area contributed by atoms with E-state index < -0.39 is 19.0 Å². The van der Waals surface area contributed by atoms with Gasteiger partial charge in [0.25, 0.3) is 0 Å². The van der Waals surface area contributed by atoms with E-state index in [-0.39, 0.29) is 12.2 Å². The van der Waals surface area contributed by atoms with Crippen molar-refractivity contribution in [1.82, 2.24) is 0 Å². The first kappa shape index (κ1) is 25.8. The molecule has 0 N–H and O–H groups in total. The molecule has 0 unspecified atom stereocenters. The van der Waals surface area contributed by atoms with Gasteiger partial charge in [-0.3, -0.25) is 0 Å². The summed E-state index contributed by atoms with van der Waals surface area (Å²) >= 11 is 0. The maximum Gasteiger partial charge on any atom is 0.416 e. The van der Waals surface area contributed by atoms with Gasteiger partial charge in [-0.05, 0) is 48.5 Å². The van der Waals surface area contributed by atoms with Gasteiger partial charge in [0.05, 0.1) is 5.56 Å². The van der Waals surface area contributed by atoms with Crippen molar-refractivity contribution in [2.24, 2.45) is 0 Å². The number of hydrogen-bond acceptors (Lipinski definition) is 1. The van der Waals surface area contributed by atoms with Gasteiger partial charge in [-0.2, -0.15) is 13.2 Å². The fourth-order valence-electron chi connectivity index (χ4n) is 4.88. The van der Waals surface area contributed by atoms with E-state index in [2.05, 4.69) is 72.8 Å². The van der Waals surface area contributed by atoms with Gasteiger partial charge < -0.3 is 4.74 Å². The lowest BCUT2D eigenvalue weighted by molar-refractivity contribution is -0.138. The van der Waals surface area contributed by atoms with Crippen LogP contribution in [0.25, 0.3) is 0 Å². The summed E-state index contributed by atoms with van der Waals surface area (Å²) in [7, 11) is -2.19. The predicted molar refractivity (Wildman–Crippen MR) is 151 cm³/mol. The van der Waals surface area contributed by atoms with Crippen LogP contribution in [0.5, 0.6) is 5.75 Å². The summed E-state index contributed by atoms with van der Waals surface area (Å²) in [6.07, 6.45) is -3.77. The first-order valence-corrected chi connectivity index (χ1v) is 14.4. The van der Waals surface area contributed by atoms with Crippen molar-refractivity contribution in [2.75, 3.05) is 0 Å². The van der Waals surface area contributed by atoms with E-state index in [9.17, 15) is 13.2 Å². The average molecular weight is 528 g/mol. The van der Waals surface area contributed by atoms with Crippen molar-refractivity contribution in [3.63, 3.8) is 0 Å². The van der Waals surface area contributed by atoms with Crippen LogP contribution in [0.1, 0.15) is 16.7 Å². The number of benzene rings is 5. The Hall–Kier alpha value is -3.88. The van der Waals surface area contributed by atoms with Crippen molar-refractivity contribution < 1.29 is 17.9 Å². The molecule has 5 aromatic rings. The zero-order valence-electron chi connectivity index (χ0n) is 20.7. The lowest BCUT2D eigenvalue weighted by Crippen LogP contribution is -2.32. The van der Waals surface area contributed by atoms with Gasteiger partial charge in [0, 0.05) is 11.1 Å². The minimum atomic E-state index is -4.44. The number of alkyl halides is 3. The number of hydrogen-bond donors (Lipinski definition) is 0. The second kappa shape index (κ2) is 11.2. The molecule has 0 spiro atoms. The van der Waals surface area contributed by atoms with Gasteiger partial charge in [-0.1, -0.05) is 91.0 Å². The molecule has 0 saturated heterocycles. The molecule has 38 heavy (non-hydrogen) atoms. The summed E-state index contributed by atoms with van der Waals surface area (Å²) in [6.45, 7) is -0.167. The van der Waals surface area contributed by atoms with E-state index in [0.29, 0.717) is 11.9 Å². The van der Waals surface area contributed by atoms with Gasteiger partial charge in [-0.15, -0.1) is 0 Å². The second-order valence-electron chi connectivity index (χ2n) is 9.03. The Morgan fingerprint density at radius 3 is 1.42 bits per heavy atom. The van der Waals surface area contributed by atoms with E-state index >= 15 is 0 Å². The fraction of sp³-hybridized carbons (Fsp3) is 0.0909. The Kier molecular flexibility index (Phi) is 7.62. The molecule has 0 atom stereocenters. The normalized spacial score (nSPS) is 11.8. The van der Waals surface area contributed by atoms with Crippen LogP contribution in [0.2, 0.25) is 0 Å². The van der Waals surface area contributed by atoms with Crippen molar-refractivity contribution in [1.29, 1.82) is 0 Å². The fourth-order valence-corrected chi connectivity index (χ4v) is 9.14. The molecule has 5 aromatic carbocycles. The number of halogens is 3. The Bertz CT molecular complexity index is 1370. The lowest BCUT2D eigenvalue weighted by atomic mass is 10.1. The van der Waals surface area contributed by atoms with E-state index in [4.69, 9.17) is 4.74 Å². The highest BCUT2D eigenvalue weighted by Gasteiger charge is 2.46. The molecule has 190 valence electrons. The topological polar surface area (TPSA) is 9.23 Å². The van der Waals surface area contributed by atoms with Crippen molar-refractivity contribution in [2.45, 2.75) is 18.9 Å². The van der Waals surface area contributed by atoms with E-state index in [0.717, 1.165) is 11.6 Å². The highest BCUT2D eigenvalue weighted by Crippen LogP contribution is 2.59. The Morgan fingerprint density at radius 1 is 0.500 bits per heavy atom. The molecule has 5 heteroatoms. The third-order valence-corrected chi connectivity index (χ3v) is 11.0. The average Bonchev–Trinajstić information content (AvgIpc) is 2.96. The van der Waals surface area contributed by atoms with Gasteiger partial charge in [0.2, 0.25) is 0 Å². The molecule has 0 fully saturated rings. The molecule has 1 nitrogen and oxygen atoms in total. The summed E-state index contributed by atoms with van der Waals surface area (Å²) in [5, 5.41) is 3.69. The molecule has 0 amide bonds. The molecule has 0 radical (unpaired) electrons. The summed E-state index contributed by atoms with van der Waals surface area (Å²) < 4.78 is 46.9. The largest absolute Gasteiger partial charge is 0.488 e. The van der Waals surface area contributed by atoms with Crippen molar-refractivity contribution in [3.05, 3.63) is 156 Å². The van der Waals surface area contributed by atoms with Crippen molar-refractivity contribution >= 4 is 23.2 Å². The zero-order valence-corrected chi connectivity index (χ0v) is 21.6. The maximum absolute atomic E-state index is 13.6. The smallest absolute Gasteiger partial charge is 0.416 e. The second-order valence-corrected chi connectivity index (χ2v) is 12.5. The highest BCUT2D eigenvalue weighted by molar-refractivity contribution is 7.95. The number of ether oxygens (including phenoxy) is 1. The maximum atomic E-state index is 13.6. The SMILES string of the molecule is FC(F)(F)c1ccccc1COc1ccccc1C[P+](c1ccccc1)(c1ccccc1)c1ccccc1.